The predicted octanol–water partition coefficient (Wildman–Crippen LogP) is 4.66. The van der Waals surface area contributed by atoms with Crippen molar-refractivity contribution >= 4 is 57.2 Å². The van der Waals surface area contributed by atoms with Gasteiger partial charge in [0, 0.05) is 12.6 Å². The van der Waals surface area contributed by atoms with Crippen LogP contribution in [-0.2, 0) is 4.79 Å². The van der Waals surface area contributed by atoms with Gasteiger partial charge in [-0.2, -0.15) is 0 Å². The molecule has 166 valence electrons. The molecular weight excluding hydrogens is 456 g/mol. The molecule has 1 aromatic heterocycles. The third-order valence-corrected chi connectivity index (χ3v) is 5.65. The number of fused-ring (bicyclic) bond motifs is 3. The summed E-state index contributed by atoms with van der Waals surface area (Å²) in [7, 11) is 3.85. The lowest BCUT2D eigenvalue weighted by molar-refractivity contribution is -0.114. The molecular formula is C22H20Cl2FN5O2. The molecule has 1 aliphatic rings. The van der Waals surface area contributed by atoms with Crippen LogP contribution in [0.5, 0.6) is 5.75 Å². The van der Waals surface area contributed by atoms with Crippen LogP contribution in [0.1, 0.15) is 0 Å². The van der Waals surface area contributed by atoms with Gasteiger partial charge in [0.2, 0.25) is 0 Å². The molecule has 0 saturated heterocycles. The molecule has 32 heavy (non-hydrogen) atoms. The lowest BCUT2D eigenvalue weighted by Crippen LogP contribution is -2.37. The Morgan fingerprint density at radius 1 is 1.28 bits per heavy atom. The number of carbonyl (C=O) groups excluding carboxylic acids is 1. The van der Waals surface area contributed by atoms with E-state index in [4.69, 9.17) is 27.9 Å². The second kappa shape index (κ2) is 9.28. The van der Waals surface area contributed by atoms with Crippen molar-refractivity contribution in [2.24, 2.45) is 0 Å². The summed E-state index contributed by atoms with van der Waals surface area (Å²) in [4.78, 5) is 25.0. The number of ether oxygens (including phenoxy) is 1. The number of likely N-dealkylation sites (N-methyl/N-ethyl adjacent to an activating group) is 1. The second-order valence-electron chi connectivity index (χ2n) is 7.38. The number of halogens is 3. The van der Waals surface area contributed by atoms with E-state index in [1.807, 2.05) is 25.1 Å². The van der Waals surface area contributed by atoms with Gasteiger partial charge in [-0.15, -0.1) is 0 Å². The highest BCUT2D eigenvalue weighted by Crippen LogP contribution is 2.42. The number of anilines is 3. The maximum atomic E-state index is 14.6. The van der Waals surface area contributed by atoms with E-state index in [1.54, 1.807) is 23.1 Å². The van der Waals surface area contributed by atoms with Crippen molar-refractivity contribution in [2.75, 3.05) is 44.0 Å². The first-order valence-electron chi connectivity index (χ1n) is 9.80. The van der Waals surface area contributed by atoms with Crippen LogP contribution in [0.3, 0.4) is 0 Å². The average molecular weight is 476 g/mol. The van der Waals surface area contributed by atoms with E-state index in [2.05, 4.69) is 15.3 Å². The second-order valence-corrected chi connectivity index (χ2v) is 8.17. The Kier molecular flexibility index (Phi) is 6.45. The number of nitrogens with one attached hydrogen (secondary N) is 1. The molecule has 4 rings (SSSR count). The zero-order chi connectivity index (χ0) is 22.8. The van der Waals surface area contributed by atoms with Crippen LogP contribution in [-0.4, -0.2) is 54.6 Å². The molecule has 1 aliphatic heterocycles. The molecule has 0 atom stereocenters. The van der Waals surface area contributed by atoms with Crippen molar-refractivity contribution < 1.29 is 13.9 Å². The highest BCUT2D eigenvalue weighted by Gasteiger charge is 2.26. The van der Waals surface area contributed by atoms with Gasteiger partial charge in [-0.1, -0.05) is 29.3 Å². The number of benzene rings is 2. The molecule has 2 heterocycles. The monoisotopic (exact) mass is 475 g/mol. The lowest BCUT2D eigenvalue weighted by atomic mass is 10.1. The number of amides is 1. The highest BCUT2D eigenvalue weighted by atomic mass is 35.5. The van der Waals surface area contributed by atoms with Crippen LogP contribution in [0.4, 0.5) is 21.6 Å². The number of carbonyl (C=O) groups is 1. The molecule has 1 amide bonds. The average Bonchev–Trinajstić information content (AvgIpc) is 2.78. The zero-order valence-electron chi connectivity index (χ0n) is 17.4. The van der Waals surface area contributed by atoms with E-state index >= 15 is 0 Å². The number of aromatic nitrogens is 2. The van der Waals surface area contributed by atoms with Crippen LogP contribution >= 0.6 is 23.2 Å². The Labute approximate surface area is 194 Å². The Bertz CT molecular complexity index is 1220. The van der Waals surface area contributed by atoms with E-state index in [9.17, 15) is 9.18 Å². The molecule has 0 aliphatic carbocycles. The fourth-order valence-electron chi connectivity index (χ4n) is 3.36. The maximum Gasteiger partial charge on any atom is 0.250 e. The molecule has 0 unspecified atom stereocenters. The first-order chi connectivity index (χ1) is 15.4. The van der Waals surface area contributed by atoms with Crippen molar-refractivity contribution in [2.45, 2.75) is 0 Å². The quantitative estimate of drug-likeness (QED) is 0.427. The topological polar surface area (TPSA) is 70.6 Å². The van der Waals surface area contributed by atoms with Gasteiger partial charge in [-0.25, -0.2) is 14.4 Å². The van der Waals surface area contributed by atoms with E-state index in [1.165, 1.54) is 18.5 Å². The van der Waals surface area contributed by atoms with Crippen LogP contribution in [0.25, 0.3) is 10.9 Å². The van der Waals surface area contributed by atoms with E-state index in [0.29, 0.717) is 47.9 Å². The number of hydrogen-bond donors (Lipinski definition) is 1. The molecule has 0 radical (unpaired) electrons. The van der Waals surface area contributed by atoms with Gasteiger partial charge < -0.3 is 19.9 Å². The summed E-state index contributed by atoms with van der Waals surface area (Å²) in [5.74, 6) is -0.0783. The SMILES string of the molecule is CN(C)C/C=C/C(=O)N1CCOc2c1ccc1ncnc(Nc3ccc(Cl)c(Cl)c3F)c21. The van der Waals surface area contributed by atoms with E-state index in [0.717, 1.165) is 0 Å². The fourth-order valence-corrected chi connectivity index (χ4v) is 3.67. The normalized spacial score (nSPS) is 13.5. The van der Waals surface area contributed by atoms with Gasteiger partial charge in [0.25, 0.3) is 5.91 Å². The van der Waals surface area contributed by atoms with Crippen LogP contribution in [0.15, 0.2) is 42.7 Å². The van der Waals surface area contributed by atoms with Gasteiger partial charge in [0.1, 0.15) is 18.8 Å². The maximum absolute atomic E-state index is 14.6. The largest absolute Gasteiger partial charge is 0.489 e. The van der Waals surface area contributed by atoms with Crippen molar-refractivity contribution in [3.63, 3.8) is 0 Å². The fraction of sp³-hybridized carbons (Fsp3) is 0.227. The predicted molar refractivity (Wildman–Crippen MR) is 125 cm³/mol. The molecule has 0 fully saturated rings. The van der Waals surface area contributed by atoms with Gasteiger partial charge >= 0.3 is 0 Å². The van der Waals surface area contributed by atoms with Crippen LogP contribution < -0.4 is 15.0 Å². The summed E-state index contributed by atoms with van der Waals surface area (Å²) in [6.45, 7) is 1.36. The van der Waals surface area contributed by atoms with Crippen molar-refractivity contribution in [1.82, 2.24) is 14.9 Å². The minimum Gasteiger partial charge on any atom is -0.489 e. The third kappa shape index (κ3) is 4.34. The highest BCUT2D eigenvalue weighted by molar-refractivity contribution is 6.42. The third-order valence-electron chi connectivity index (χ3n) is 4.87. The number of rotatable bonds is 5. The standard InChI is InChI=1S/C22H20Cl2FN5O2/c1-29(2)9-3-4-17(31)30-10-11-32-21-16(30)8-7-14-18(21)22(27-12-26-14)28-15-6-5-13(23)19(24)20(15)25/h3-8,12H,9-11H2,1-2H3,(H,26,27,28)/b4-3+. The first kappa shape index (κ1) is 22.3. The lowest BCUT2D eigenvalue weighted by Gasteiger charge is -2.30. The molecule has 2 aromatic carbocycles. The Morgan fingerprint density at radius 2 is 2.09 bits per heavy atom. The summed E-state index contributed by atoms with van der Waals surface area (Å²) in [5.41, 5.74) is 1.28. The summed E-state index contributed by atoms with van der Waals surface area (Å²) in [5, 5.41) is 3.41. The summed E-state index contributed by atoms with van der Waals surface area (Å²) < 4.78 is 20.5. The van der Waals surface area contributed by atoms with Crippen LogP contribution in [0.2, 0.25) is 10.0 Å². The summed E-state index contributed by atoms with van der Waals surface area (Å²) in [6.07, 6.45) is 4.72. The van der Waals surface area contributed by atoms with Crippen LogP contribution in [0, 0.1) is 5.82 Å². The Hall–Kier alpha value is -2.94. The Morgan fingerprint density at radius 3 is 2.88 bits per heavy atom. The smallest absolute Gasteiger partial charge is 0.250 e. The van der Waals surface area contributed by atoms with E-state index < -0.39 is 5.82 Å². The first-order valence-corrected chi connectivity index (χ1v) is 10.6. The molecule has 3 aromatic rings. The van der Waals surface area contributed by atoms with Gasteiger partial charge in [0.05, 0.1) is 38.9 Å². The zero-order valence-corrected chi connectivity index (χ0v) is 18.9. The molecule has 10 heteroatoms. The molecule has 1 N–H and O–H groups in total. The summed E-state index contributed by atoms with van der Waals surface area (Å²) in [6, 6.07) is 6.51. The molecule has 0 bridgehead atoms. The molecule has 7 nitrogen and oxygen atoms in total. The van der Waals surface area contributed by atoms with Crippen molar-refractivity contribution in [1.29, 1.82) is 0 Å². The minimum atomic E-state index is -0.695. The minimum absolute atomic E-state index is 0.104. The number of nitrogens with zero attached hydrogens (tertiary/aromatic N) is 4. The van der Waals surface area contributed by atoms with Crippen molar-refractivity contribution in [3.8, 4) is 5.75 Å². The van der Waals surface area contributed by atoms with Gasteiger partial charge in [-0.05, 0) is 38.4 Å². The van der Waals surface area contributed by atoms with Gasteiger partial charge in [-0.3, -0.25) is 4.79 Å². The van der Waals surface area contributed by atoms with Crippen molar-refractivity contribution in [3.05, 3.63) is 58.6 Å². The molecule has 0 saturated carbocycles. The van der Waals surface area contributed by atoms with E-state index in [-0.39, 0.29) is 21.6 Å². The van der Waals surface area contributed by atoms with Gasteiger partial charge in [0.15, 0.2) is 11.6 Å². The molecule has 0 spiro atoms. The summed E-state index contributed by atoms with van der Waals surface area (Å²) >= 11 is 11.8. The number of hydrogen-bond acceptors (Lipinski definition) is 6. The Balaban J connectivity index is 1.76.